The van der Waals surface area contributed by atoms with Gasteiger partial charge in [-0.1, -0.05) is 36.4 Å². The van der Waals surface area contributed by atoms with Crippen LogP contribution < -0.4 is 4.74 Å². The molecule has 0 aromatic heterocycles. The van der Waals surface area contributed by atoms with Crippen LogP contribution >= 0.6 is 12.4 Å². The first-order chi connectivity index (χ1) is 18.1. The van der Waals surface area contributed by atoms with Gasteiger partial charge in [-0.05, 0) is 67.0 Å². The van der Waals surface area contributed by atoms with Gasteiger partial charge in [0.15, 0.2) is 0 Å². The Bertz CT molecular complexity index is 1150. The van der Waals surface area contributed by atoms with Crippen LogP contribution in [0.4, 0.5) is 0 Å². The Labute approximate surface area is 230 Å². The van der Waals surface area contributed by atoms with Crippen molar-refractivity contribution in [3.05, 3.63) is 71.3 Å². The molecular formula is C30H36ClN3O4. The van der Waals surface area contributed by atoms with Crippen molar-refractivity contribution in [2.45, 2.75) is 38.0 Å². The van der Waals surface area contributed by atoms with Crippen LogP contribution in [0.25, 0.3) is 6.08 Å². The lowest BCUT2D eigenvalue weighted by Gasteiger charge is -2.34. The molecule has 1 atom stereocenters. The molecular weight excluding hydrogens is 502 g/mol. The average Bonchev–Trinajstić information content (AvgIpc) is 3.48. The predicted molar refractivity (Wildman–Crippen MR) is 149 cm³/mol. The molecule has 7 nitrogen and oxygen atoms in total. The molecule has 8 heteroatoms. The number of aryl methyl sites for hydroxylation is 1. The van der Waals surface area contributed by atoms with Crippen molar-refractivity contribution in [1.82, 2.24) is 14.7 Å². The summed E-state index contributed by atoms with van der Waals surface area (Å²) in [5.74, 6) is 0.246. The van der Waals surface area contributed by atoms with E-state index in [0.717, 1.165) is 56.3 Å². The van der Waals surface area contributed by atoms with E-state index in [1.807, 2.05) is 40.1 Å². The average molecular weight is 538 g/mol. The van der Waals surface area contributed by atoms with Crippen molar-refractivity contribution in [3.8, 4) is 5.75 Å². The fourth-order valence-electron chi connectivity index (χ4n) is 5.49. The van der Waals surface area contributed by atoms with Crippen molar-refractivity contribution in [2.75, 3.05) is 45.8 Å². The van der Waals surface area contributed by atoms with Gasteiger partial charge in [-0.2, -0.15) is 0 Å². The number of hydrogen-bond donors (Lipinski definition) is 0. The highest BCUT2D eigenvalue weighted by Gasteiger charge is 2.28. The number of fused-ring (bicyclic) bond motifs is 1. The smallest absolute Gasteiger partial charge is 0.318 e. The third kappa shape index (κ3) is 6.83. The van der Waals surface area contributed by atoms with Gasteiger partial charge >= 0.3 is 5.97 Å². The lowest BCUT2D eigenvalue weighted by molar-refractivity contribution is -0.136. The van der Waals surface area contributed by atoms with E-state index in [9.17, 15) is 14.4 Å². The molecule has 0 radical (unpaired) electrons. The second-order valence-corrected chi connectivity index (χ2v) is 10.2. The zero-order valence-electron chi connectivity index (χ0n) is 21.7. The van der Waals surface area contributed by atoms with Gasteiger partial charge in [0.05, 0.1) is 12.5 Å². The Hall–Kier alpha value is -3.16. The number of piperazine rings is 1. The van der Waals surface area contributed by atoms with Gasteiger partial charge in [-0.15, -0.1) is 12.4 Å². The van der Waals surface area contributed by atoms with Crippen LogP contribution in [0.1, 0.15) is 48.3 Å². The number of benzene rings is 2. The lowest BCUT2D eigenvalue weighted by atomic mass is 9.83. The molecule has 2 aromatic rings. The van der Waals surface area contributed by atoms with Crippen molar-refractivity contribution in [2.24, 2.45) is 0 Å². The topological polar surface area (TPSA) is 70.2 Å². The van der Waals surface area contributed by atoms with E-state index in [4.69, 9.17) is 4.74 Å². The SMILES string of the molecule is Cl.O=C(Oc1ccc(/C=C/C(=O)N2CCN(CC(=O)N3CCCC3)CC2)cc1)C1CCCc2ccccc21. The van der Waals surface area contributed by atoms with Gasteiger partial charge < -0.3 is 14.5 Å². The fraction of sp³-hybridized carbons (Fsp3) is 0.433. The Kier molecular flexibility index (Phi) is 9.58. The largest absolute Gasteiger partial charge is 0.426 e. The zero-order valence-corrected chi connectivity index (χ0v) is 22.5. The number of carbonyl (C=O) groups excluding carboxylic acids is 3. The highest BCUT2D eigenvalue weighted by atomic mass is 35.5. The van der Waals surface area contributed by atoms with Gasteiger partial charge in [0, 0.05) is 45.3 Å². The number of rotatable bonds is 6. The molecule has 2 heterocycles. The van der Waals surface area contributed by atoms with Crippen molar-refractivity contribution in [3.63, 3.8) is 0 Å². The molecule has 5 rings (SSSR count). The summed E-state index contributed by atoms with van der Waals surface area (Å²) >= 11 is 0. The van der Waals surface area contributed by atoms with Gasteiger partial charge in [-0.3, -0.25) is 19.3 Å². The van der Waals surface area contributed by atoms with E-state index in [1.54, 1.807) is 24.3 Å². The van der Waals surface area contributed by atoms with Crippen LogP contribution in [0.2, 0.25) is 0 Å². The summed E-state index contributed by atoms with van der Waals surface area (Å²) in [6.45, 7) is 4.86. The maximum Gasteiger partial charge on any atom is 0.318 e. The van der Waals surface area contributed by atoms with Crippen molar-refractivity contribution < 1.29 is 19.1 Å². The summed E-state index contributed by atoms with van der Waals surface area (Å²) in [6.07, 6.45) is 8.38. The van der Waals surface area contributed by atoms with E-state index in [-0.39, 0.29) is 36.1 Å². The maximum absolute atomic E-state index is 12.8. The maximum atomic E-state index is 12.8. The molecule has 0 N–H and O–H groups in total. The molecule has 1 unspecified atom stereocenters. The Morgan fingerprint density at radius 2 is 1.55 bits per heavy atom. The number of ether oxygens (including phenoxy) is 1. The monoisotopic (exact) mass is 537 g/mol. The lowest BCUT2D eigenvalue weighted by Crippen LogP contribution is -2.51. The van der Waals surface area contributed by atoms with Crippen molar-refractivity contribution in [1.29, 1.82) is 0 Å². The van der Waals surface area contributed by atoms with E-state index in [1.165, 1.54) is 5.56 Å². The number of halogens is 1. The summed E-state index contributed by atoms with van der Waals surface area (Å²) in [4.78, 5) is 43.8. The second kappa shape index (κ2) is 13.1. The van der Waals surface area contributed by atoms with E-state index in [0.29, 0.717) is 38.5 Å². The van der Waals surface area contributed by atoms with Gasteiger partial charge in [0.1, 0.15) is 5.75 Å². The van der Waals surface area contributed by atoms with Gasteiger partial charge in [-0.25, -0.2) is 0 Å². The molecule has 38 heavy (non-hydrogen) atoms. The summed E-state index contributed by atoms with van der Waals surface area (Å²) in [6, 6.07) is 15.4. The molecule has 0 spiro atoms. The highest BCUT2D eigenvalue weighted by molar-refractivity contribution is 5.92. The molecule has 2 aliphatic heterocycles. The summed E-state index contributed by atoms with van der Waals surface area (Å²) < 4.78 is 5.69. The van der Waals surface area contributed by atoms with E-state index < -0.39 is 0 Å². The standard InChI is InChI=1S/C30H35N3O4.ClH/c34-28(33-20-18-31(19-21-33)22-29(35)32-16-3-4-17-32)15-12-23-10-13-25(14-11-23)37-30(36)27-9-5-7-24-6-1-2-8-26(24)27;/h1-2,6,8,10-15,27H,3-5,7,9,16-22H2;1H/b15-12+;. The highest BCUT2D eigenvalue weighted by Crippen LogP contribution is 2.32. The van der Waals surface area contributed by atoms with Crippen LogP contribution in [0.3, 0.4) is 0 Å². The second-order valence-electron chi connectivity index (χ2n) is 10.2. The Morgan fingerprint density at radius 3 is 2.29 bits per heavy atom. The van der Waals surface area contributed by atoms with Crippen LogP contribution in [0.5, 0.6) is 5.75 Å². The normalized spacial score (nSPS) is 19.6. The Balaban J connectivity index is 0.00000336. The zero-order chi connectivity index (χ0) is 25.6. The molecule has 3 aliphatic rings. The number of amides is 2. The van der Waals surface area contributed by atoms with Gasteiger partial charge in [0.2, 0.25) is 11.8 Å². The molecule has 2 saturated heterocycles. The first kappa shape index (κ1) is 27.9. The number of carbonyl (C=O) groups is 3. The molecule has 2 fully saturated rings. The van der Waals surface area contributed by atoms with E-state index >= 15 is 0 Å². The van der Waals surface area contributed by atoms with Crippen LogP contribution in [0.15, 0.2) is 54.6 Å². The van der Waals surface area contributed by atoms with Crippen LogP contribution in [0, 0.1) is 0 Å². The van der Waals surface area contributed by atoms with Gasteiger partial charge in [0.25, 0.3) is 0 Å². The summed E-state index contributed by atoms with van der Waals surface area (Å²) in [7, 11) is 0. The quantitative estimate of drug-likeness (QED) is 0.317. The van der Waals surface area contributed by atoms with Crippen LogP contribution in [-0.4, -0.2) is 78.3 Å². The summed E-state index contributed by atoms with van der Waals surface area (Å²) in [5.41, 5.74) is 3.18. The fourth-order valence-corrected chi connectivity index (χ4v) is 5.49. The third-order valence-corrected chi connectivity index (χ3v) is 7.67. The predicted octanol–water partition coefficient (Wildman–Crippen LogP) is 3.91. The number of likely N-dealkylation sites (tertiary alicyclic amines) is 1. The minimum atomic E-state index is -0.221. The van der Waals surface area contributed by atoms with Crippen LogP contribution in [-0.2, 0) is 20.8 Å². The minimum Gasteiger partial charge on any atom is -0.426 e. The van der Waals surface area contributed by atoms with E-state index in [2.05, 4.69) is 11.0 Å². The number of hydrogen-bond acceptors (Lipinski definition) is 5. The summed E-state index contributed by atoms with van der Waals surface area (Å²) in [5, 5.41) is 0. The Morgan fingerprint density at radius 1 is 0.842 bits per heavy atom. The third-order valence-electron chi connectivity index (χ3n) is 7.67. The first-order valence-electron chi connectivity index (χ1n) is 13.4. The molecule has 1 aliphatic carbocycles. The molecule has 0 saturated carbocycles. The minimum absolute atomic E-state index is 0. The first-order valence-corrected chi connectivity index (χ1v) is 13.4. The molecule has 2 aromatic carbocycles. The van der Waals surface area contributed by atoms with Crippen molar-refractivity contribution >= 4 is 36.3 Å². The molecule has 202 valence electrons. The molecule has 2 amide bonds. The molecule has 0 bridgehead atoms. The number of nitrogens with zero attached hydrogens (tertiary/aromatic N) is 3. The number of esters is 1.